The maximum absolute atomic E-state index is 11.9. The van der Waals surface area contributed by atoms with Crippen molar-refractivity contribution in [2.24, 2.45) is 0 Å². The van der Waals surface area contributed by atoms with Gasteiger partial charge in [0.25, 0.3) is 5.91 Å². The molecule has 0 saturated heterocycles. The number of aryl methyl sites for hydroxylation is 1. The molecule has 0 aliphatic rings. The summed E-state index contributed by atoms with van der Waals surface area (Å²) in [6.45, 7) is 3.57. The molecule has 0 aliphatic heterocycles. The quantitative estimate of drug-likeness (QED) is 0.833. The van der Waals surface area contributed by atoms with Crippen molar-refractivity contribution in [3.8, 4) is 5.75 Å². The highest BCUT2D eigenvalue weighted by atomic mass is 16.5. The fourth-order valence-electron chi connectivity index (χ4n) is 1.54. The van der Waals surface area contributed by atoms with Crippen molar-refractivity contribution in [1.29, 1.82) is 0 Å². The van der Waals surface area contributed by atoms with Crippen LogP contribution in [0, 0.1) is 6.92 Å². The first-order valence-corrected chi connectivity index (χ1v) is 5.67. The normalized spacial score (nSPS) is 11.7. The van der Waals surface area contributed by atoms with Gasteiger partial charge in [0.1, 0.15) is 11.8 Å². The van der Waals surface area contributed by atoms with E-state index in [1.165, 1.54) is 7.11 Å². The summed E-state index contributed by atoms with van der Waals surface area (Å²) in [7, 11) is 1.52. The minimum atomic E-state index is -1.04. The number of methoxy groups -OCH3 is 1. The second kappa shape index (κ2) is 6.05. The molecular weight excluding hydrogens is 234 g/mol. The van der Waals surface area contributed by atoms with Crippen LogP contribution in [0.5, 0.6) is 5.75 Å². The van der Waals surface area contributed by atoms with Crippen LogP contribution >= 0.6 is 0 Å². The third-order valence-corrected chi connectivity index (χ3v) is 2.68. The van der Waals surface area contributed by atoms with Crippen LogP contribution in [0.1, 0.15) is 29.3 Å². The lowest BCUT2D eigenvalue weighted by molar-refractivity contribution is -0.139. The van der Waals surface area contributed by atoms with Gasteiger partial charge in [-0.1, -0.05) is 13.0 Å². The molecule has 0 radical (unpaired) electrons. The first-order chi connectivity index (χ1) is 8.49. The van der Waals surface area contributed by atoms with Crippen LogP contribution in [0.25, 0.3) is 0 Å². The van der Waals surface area contributed by atoms with Crippen molar-refractivity contribution < 1.29 is 19.4 Å². The Kier molecular flexibility index (Phi) is 4.71. The van der Waals surface area contributed by atoms with Crippen LogP contribution in [0.4, 0.5) is 0 Å². The van der Waals surface area contributed by atoms with E-state index in [1.807, 2.05) is 6.92 Å². The van der Waals surface area contributed by atoms with E-state index in [1.54, 1.807) is 25.1 Å². The molecule has 0 aliphatic carbocycles. The fraction of sp³-hybridized carbons (Fsp3) is 0.385. The van der Waals surface area contributed by atoms with Crippen molar-refractivity contribution in [3.63, 3.8) is 0 Å². The van der Waals surface area contributed by atoms with Gasteiger partial charge < -0.3 is 15.2 Å². The molecule has 1 aromatic carbocycles. The van der Waals surface area contributed by atoms with E-state index in [2.05, 4.69) is 5.32 Å². The number of rotatable bonds is 5. The molecular formula is C13H17NO4. The van der Waals surface area contributed by atoms with Crippen LogP contribution in [-0.2, 0) is 4.79 Å². The Morgan fingerprint density at radius 2 is 2.11 bits per heavy atom. The molecule has 1 rings (SSSR count). The van der Waals surface area contributed by atoms with E-state index in [0.29, 0.717) is 17.7 Å². The summed E-state index contributed by atoms with van der Waals surface area (Å²) in [5, 5.41) is 11.3. The van der Waals surface area contributed by atoms with E-state index < -0.39 is 17.9 Å². The van der Waals surface area contributed by atoms with Gasteiger partial charge >= 0.3 is 5.97 Å². The van der Waals surface area contributed by atoms with Gasteiger partial charge in [0.15, 0.2) is 0 Å². The third-order valence-electron chi connectivity index (χ3n) is 2.68. The molecule has 18 heavy (non-hydrogen) atoms. The van der Waals surface area contributed by atoms with Crippen LogP contribution in [0.2, 0.25) is 0 Å². The lowest BCUT2D eigenvalue weighted by Crippen LogP contribution is -2.40. The molecule has 0 spiro atoms. The van der Waals surface area contributed by atoms with Crippen LogP contribution in [-0.4, -0.2) is 30.1 Å². The maximum Gasteiger partial charge on any atom is 0.326 e. The predicted molar refractivity (Wildman–Crippen MR) is 66.9 cm³/mol. The molecule has 0 bridgehead atoms. The fourth-order valence-corrected chi connectivity index (χ4v) is 1.54. The van der Waals surface area contributed by atoms with Crippen molar-refractivity contribution in [3.05, 3.63) is 29.3 Å². The average molecular weight is 251 g/mol. The number of hydrogen-bond donors (Lipinski definition) is 2. The zero-order valence-electron chi connectivity index (χ0n) is 10.7. The van der Waals surface area contributed by atoms with Gasteiger partial charge in [-0.3, -0.25) is 4.79 Å². The highest BCUT2D eigenvalue weighted by Gasteiger charge is 2.18. The Hall–Kier alpha value is -2.04. The highest BCUT2D eigenvalue weighted by molar-refractivity contribution is 5.97. The molecule has 0 unspecified atom stereocenters. The van der Waals surface area contributed by atoms with Crippen LogP contribution < -0.4 is 10.1 Å². The summed E-state index contributed by atoms with van der Waals surface area (Å²) >= 11 is 0. The Morgan fingerprint density at radius 3 is 2.61 bits per heavy atom. The van der Waals surface area contributed by atoms with E-state index in [0.717, 1.165) is 5.56 Å². The zero-order valence-corrected chi connectivity index (χ0v) is 10.7. The van der Waals surface area contributed by atoms with Crippen LogP contribution in [0.3, 0.4) is 0 Å². The number of carbonyl (C=O) groups excluding carboxylic acids is 1. The summed E-state index contributed by atoms with van der Waals surface area (Å²) in [5.41, 5.74) is 1.30. The van der Waals surface area contributed by atoms with Crippen molar-refractivity contribution in [2.45, 2.75) is 26.3 Å². The number of amides is 1. The molecule has 5 heteroatoms. The van der Waals surface area contributed by atoms with Gasteiger partial charge in [-0.25, -0.2) is 4.79 Å². The van der Waals surface area contributed by atoms with Gasteiger partial charge in [0.2, 0.25) is 0 Å². The lowest BCUT2D eigenvalue weighted by atomic mass is 10.1. The number of nitrogens with one attached hydrogen (secondary N) is 1. The third kappa shape index (κ3) is 3.23. The van der Waals surface area contributed by atoms with E-state index >= 15 is 0 Å². The number of carboxylic acids is 1. The smallest absolute Gasteiger partial charge is 0.326 e. The zero-order chi connectivity index (χ0) is 13.7. The van der Waals surface area contributed by atoms with Gasteiger partial charge in [-0.2, -0.15) is 0 Å². The molecule has 1 amide bonds. The molecule has 1 atom stereocenters. The number of hydrogen-bond acceptors (Lipinski definition) is 3. The van der Waals surface area contributed by atoms with Crippen molar-refractivity contribution in [2.75, 3.05) is 7.11 Å². The monoisotopic (exact) mass is 251 g/mol. The first-order valence-electron chi connectivity index (χ1n) is 5.67. The van der Waals surface area contributed by atoms with Gasteiger partial charge in [-0.15, -0.1) is 0 Å². The van der Waals surface area contributed by atoms with Crippen molar-refractivity contribution >= 4 is 11.9 Å². The number of ether oxygens (including phenoxy) is 1. The highest BCUT2D eigenvalue weighted by Crippen LogP contribution is 2.18. The second-order valence-corrected chi connectivity index (χ2v) is 3.96. The van der Waals surface area contributed by atoms with Crippen LogP contribution in [0.15, 0.2) is 18.2 Å². The predicted octanol–water partition coefficient (Wildman–Crippen LogP) is 1.60. The number of benzene rings is 1. The summed E-state index contributed by atoms with van der Waals surface area (Å²) in [6.07, 6.45) is 0.337. The Labute approximate surface area is 106 Å². The largest absolute Gasteiger partial charge is 0.496 e. The van der Waals surface area contributed by atoms with Gasteiger partial charge in [0, 0.05) is 5.56 Å². The molecule has 0 aromatic heterocycles. The minimum absolute atomic E-state index is 0.337. The first kappa shape index (κ1) is 14.0. The van der Waals surface area contributed by atoms with Gasteiger partial charge in [0.05, 0.1) is 7.11 Å². The summed E-state index contributed by atoms with van der Waals surface area (Å²) in [6, 6.07) is 4.13. The van der Waals surface area contributed by atoms with E-state index in [-0.39, 0.29) is 0 Å². The summed E-state index contributed by atoms with van der Waals surface area (Å²) in [5.74, 6) is -0.849. The lowest BCUT2D eigenvalue weighted by Gasteiger charge is -2.13. The SMILES string of the molecule is CC[C@@H](NC(=O)c1ccc(C)c(OC)c1)C(=O)O. The Balaban J connectivity index is 2.87. The number of carboxylic acid groups (broad SMARTS) is 1. The molecule has 1 aromatic rings. The van der Waals surface area contributed by atoms with Gasteiger partial charge in [-0.05, 0) is 31.0 Å². The number of aliphatic carboxylic acids is 1. The standard InChI is InChI=1S/C13H17NO4/c1-4-10(13(16)17)14-12(15)9-6-5-8(2)11(7-9)18-3/h5-7,10H,4H2,1-3H3,(H,14,15)(H,16,17)/t10-/m1/s1. The second-order valence-electron chi connectivity index (χ2n) is 3.96. The molecule has 0 saturated carbocycles. The van der Waals surface area contributed by atoms with E-state index in [9.17, 15) is 9.59 Å². The average Bonchev–Trinajstić information content (AvgIpc) is 2.35. The molecule has 2 N–H and O–H groups in total. The Morgan fingerprint density at radius 1 is 1.44 bits per heavy atom. The van der Waals surface area contributed by atoms with Crippen molar-refractivity contribution in [1.82, 2.24) is 5.32 Å². The Bertz CT molecular complexity index is 456. The number of carbonyl (C=O) groups is 2. The maximum atomic E-state index is 11.9. The molecule has 0 fully saturated rings. The molecule has 98 valence electrons. The summed E-state index contributed by atoms with van der Waals surface area (Å²) in [4.78, 5) is 22.7. The molecule has 5 nitrogen and oxygen atoms in total. The van der Waals surface area contributed by atoms with E-state index in [4.69, 9.17) is 9.84 Å². The minimum Gasteiger partial charge on any atom is -0.496 e. The topological polar surface area (TPSA) is 75.6 Å². The summed E-state index contributed by atoms with van der Waals surface area (Å²) < 4.78 is 5.12. The molecule has 0 heterocycles.